The molecule has 3 N–H and O–H groups in total. The Balaban J connectivity index is 1.65. The van der Waals surface area contributed by atoms with Gasteiger partial charge in [-0.3, -0.25) is 18.8 Å². The third-order valence-electron chi connectivity index (χ3n) is 6.77. The van der Waals surface area contributed by atoms with Crippen LogP contribution in [-0.2, 0) is 18.3 Å². The van der Waals surface area contributed by atoms with E-state index in [2.05, 4.69) is 31.9 Å². The van der Waals surface area contributed by atoms with Gasteiger partial charge in [0.15, 0.2) is 5.69 Å². The molecule has 0 spiro atoms. The summed E-state index contributed by atoms with van der Waals surface area (Å²) in [4.78, 5) is 42.4. The molecular formula is C30H34N8O6. The summed E-state index contributed by atoms with van der Waals surface area (Å²) in [6, 6.07) is 9.31. The average molecular weight is 603 g/mol. The fraction of sp³-hybridized carbons (Fsp3) is 0.367. The van der Waals surface area contributed by atoms with Gasteiger partial charge < -0.3 is 25.0 Å². The van der Waals surface area contributed by atoms with Crippen LogP contribution in [0.25, 0.3) is 0 Å². The predicted molar refractivity (Wildman–Crippen MR) is 158 cm³/mol. The molecular weight excluding hydrogens is 568 g/mol. The van der Waals surface area contributed by atoms with Crippen LogP contribution in [0.5, 0.6) is 5.75 Å². The van der Waals surface area contributed by atoms with E-state index in [1.54, 1.807) is 43.8 Å². The first-order valence-corrected chi connectivity index (χ1v) is 13.9. The number of alkyl carbamates (subject to hydrolysis) is 1. The molecule has 4 rings (SSSR count). The minimum atomic E-state index is -0.821. The standard InChI is InChI=1S/C30H34N8O6/c1-18(26-36-24(25(39)28(41)37(26)5)27(40)35-21-15-34-43-17-21)23(22-10-7-6-9-19(22)13-31)20-14-33-38(16-20)12-8-11-32-29(42)44-30(2,3)4/h6-7,9-10,14-18,23,39H,8,11-12H2,1-5H3,(H,32,42)(H,35,40). The Kier molecular flexibility index (Phi) is 9.47. The van der Waals surface area contributed by atoms with Crippen LogP contribution in [0.1, 0.15) is 79.0 Å². The van der Waals surface area contributed by atoms with Crippen LogP contribution in [0.3, 0.4) is 0 Å². The summed E-state index contributed by atoms with van der Waals surface area (Å²) < 4.78 is 12.9. The van der Waals surface area contributed by atoms with Gasteiger partial charge in [-0.25, -0.2) is 9.78 Å². The predicted octanol–water partition coefficient (Wildman–Crippen LogP) is 3.64. The Morgan fingerprint density at radius 1 is 1.23 bits per heavy atom. The first-order valence-electron chi connectivity index (χ1n) is 13.9. The molecule has 0 saturated carbocycles. The molecule has 3 aromatic heterocycles. The molecule has 0 fully saturated rings. The number of anilines is 1. The number of benzene rings is 1. The number of aromatic hydroxyl groups is 1. The Morgan fingerprint density at radius 2 is 1.98 bits per heavy atom. The Morgan fingerprint density at radius 3 is 2.66 bits per heavy atom. The minimum Gasteiger partial charge on any atom is -0.501 e. The Bertz CT molecular complexity index is 1730. The largest absolute Gasteiger partial charge is 0.501 e. The van der Waals surface area contributed by atoms with E-state index in [-0.39, 0.29) is 11.5 Å². The third kappa shape index (κ3) is 7.30. The maximum Gasteiger partial charge on any atom is 0.407 e. The number of rotatable bonds is 10. The number of hydrogen-bond donors (Lipinski definition) is 3. The van der Waals surface area contributed by atoms with Crippen molar-refractivity contribution in [3.05, 3.63) is 87.7 Å². The number of aromatic nitrogens is 5. The zero-order valence-electron chi connectivity index (χ0n) is 25.1. The van der Waals surface area contributed by atoms with Gasteiger partial charge in [-0.2, -0.15) is 10.4 Å². The normalized spacial score (nSPS) is 12.6. The van der Waals surface area contributed by atoms with Gasteiger partial charge in [-0.05, 0) is 44.4 Å². The molecule has 2 amide bonds. The zero-order valence-corrected chi connectivity index (χ0v) is 25.1. The van der Waals surface area contributed by atoms with E-state index >= 15 is 0 Å². The number of carbonyl (C=O) groups is 2. The molecule has 0 aliphatic rings. The molecule has 2 atom stereocenters. The van der Waals surface area contributed by atoms with Gasteiger partial charge in [-0.15, -0.1) is 0 Å². The van der Waals surface area contributed by atoms with Crippen molar-refractivity contribution in [2.24, 2.45) is 7.05 Å². The molecule has 0 aliphatic heterocycles. The quantitative estimate of drug-likeness (QED) is 0.226. The van der Waals surface area contributed by atoms with E-state index in [4.69, 9.17) is 9.26 Å². The van der Waals surface area contributed by atoms with Gasteiger partial charge in [0.25, 0.3) is 11.5 Å². The number of aryl methyl sites for hydroxylation is 1. The van der Waals surface area contributed by atoms with Crippen molar-refractivity contribution >= 4 is 17.7 Å². The van der Waals surface area contributed by atoms with Gasteiger partial charge >= 0.3 is 6.09 Å². The summed E-state index contributed by atoms with van der Waals surface area (Å²) in [6.45, 7) is 8.06. The van der Waals surface area contributed by atoms with E-state index in [1.807, 2.05) is 25.3 Å². The van der Waals surface area contributed by atoms with Gasteiger partial charge in [-0.1, -0.05) is 30.3 Å². The van der Waals surface area contributed by atoms with Crippen molar-refractivity contribution in [3.63, 3.8) is 0 Å². The third-order valence-corrected chi connectivity index (χ3v) is 6.77. The summed E-state index contributed by atoms with van der Waals surface area (Å²) in [5.41, 5.74) is 0.192. The molecule has 14 heteroatoms. The van der Waals surface area contributed by atoms with Crippen molar-refractivity contribution in [1.29, 1.82) is 5.26 Å². The van der Waals surface area contributed by atoms with Crippen LogP contribution >= 0.6 is 0 Å². The maximum atomic E-state index is 13.1. The molecule has 3 heterocycles. The molecule has 1 aromatic carbocycles. The van der Waals surface area contributed by atoms with Crippen molar-refractivity contribution in [3.8, 4) is 11.8 Å². The van der Waals surface area contributed by atoms with E-state index in [0.717, 1.165) is 5.56 Å². The molecule has 230 valence electrons. The van der Waals surface area contributed by atoms with Crippen molar-refractivity contribution in [1.82, 2.24) is 29.8 Å². The second-order valence-corrected chi connectivity index (χ2v) is 11.2. The van der Waals surface area contributed by atoms with Gasteiger partial charge in [0.05, 0.1) is 24.0 Å². The van der Waals surface area contributed by atoms with Crippen molar-refractivity contribution < 1.29 is 24.0 Å². The number of carbonyl (C=O) groups excluding carboxylic acids is 2. The number of nitrogens with one attached hydrogen (secondary N) is 2. The van der Waals surface area contributed by atoms with Crippen LogP contribution < -0.4 is 16.2 Å². The molecule has 4 aromatic rings. The van der Waals surface area contributed by atoms with Crippen LogP contribution in [0.4, 0.5) is 10.5 Å². The second kappa shape index (κ2) is 13.2. The lowest BCUT2D eigenvalue weighted by Gasteiger charge is -2.26. The smallest absolute Gasteiger partial charge is 0.407 e. The van der Waals surface area contributed by atoms with E-state index in [1.165, 1.54) is 24.1 Å². The Hall–Kier alpha value is -5.45. The zero-order chi connectivity index (χ0) is 32.0. The lowest BCUT2D eigenvalue weighted by Crippen LogP contribution is -2.33. The van der Waals surface area contributed by atoms with Crippen LogP contribution in [-0.4, -0.2) is 53.7 Å². The van der Waals surface area contributed by atoms with E-state index in [9.17, 15) is 24.8 Å². The molecule has 0 aliphatic carbocycles. The number of ether oxygens (including phenoxy) is 1. The molecule has 0 radical (unpaired) electrons. The molecule has 44 heavy (non-hydrogen) atoms. The summed E-state index contributed by atoms with van der Waals surface area (Å²) in [6.07, 6.45) is 6.05. The highest BCUT2D eigenvalue weighted by atomic mass is 16.6. The monoisotopic (exact) mass is 602 g/mol. The fourth-order valence-corrected chi connectivity index (χ4v) is 4.79. The van der Waals surface area contributed by atoms with E-state index in [0.29, 0.717) is 30.6 Å². The minimum absolute atomic E-state index is 0.204. The van der Waals surface area contributed by atoms with Crippen molar-refractivity contribution in [2.75, 3.05) is 11.9 Å². The summed E-state index contributed by atoms with van der Waals surface area (Å²) in [7, 11) is 1.46. The number of amides is 2. The summed E-state index contributed by atoms with van der Waals surface area (Å²) in [5, 5.41) is 33.7. The lowest BCUT2D eigenvalue weighted by molar-refractivity contribution is 0.0526. The molecule has 0 saturated heterocycles. The summed E-state index contributed by atoms with van der Waals surface area (Å²) >= 11 is 0. The highest BCUT2D eigenvalue weighted by Crippen LogP contribution is 2.39. The van der Waals surface area contributed by atoms with Crippen molar-refractivity contribution in [2.45, 2.75) is 58.1 Å². The first kappa shape index (κ1) is 31.5. The summed E-state index contributed by atoms with van der Waals surface area (Å²) in [5.74, 6) is -2.51. The van der Waals surface area contributed by atoms with Crippen LogP contribution in [0.15, 0.2) is 58.4 Å². The maximum absolute atomic E-state index is 13.1. The van der Waals surface area contributed by atoms with Gasteiger partial charge in [0, 0.05) is 38.2 Å². The second-order valence-electron chi connectivity index (χ2n) is 11.2. The molecule has 0 bridgehead atoms. The molecule has 14 nitrogen and oxygen atoms in total. The highest BCUT2D eigenvalue weighted by molar-refractivity contribution is 6.04. The number of hydrogen-bond acceptors (Lipinski definition) is 10. The number of nitrogens with zero attached hydrogens (tertiary/aromatic N) is 6. The Labute approximate surface area is 253 Å². The SMILES string of the molecule is CC(c1nc(C(=O)Nc2cnoc2)c(O)c(=O)n1C)C(c1cnn(CCCNC(=O)OC(C)(C)C)c1)c1ccccc1C#N. The van der Waals surface area contributed by atoms with Gasteiger partial charge in [0.1, 0.15) is 23.4 Å². The van der Waals surface area contributed by atoms with Crippen LogP contribution in [0, 0.1) is 11.3 Å². The van der Waals surface area contributed by atoms with Gasteiger partial charge in [0.2, 0.25) is 5.75 Å². The number of nitriles is 1. The lowest BCUT2D eigenvalue weighted by atomic mass is 9.80. The first-order chi connectivity index (χ1) is 20.9. The topological polar surface area (TPSA) is 190 Å². The fourth-order valence-electron chi connectivity index (χ4n) is 4.79. The van der Waals surface area contributed by atoms with Crippen LogP contribution in [0.2, 0.25) is 0 Å². The molecule has 2 unspecified atom stereocenters. The van der Waals surface area contributed by atoms with E-state index < -0.39 is 46.4 Å². The highest BCUT2D eigenvalue weighted by Gasteiger charge is 2.31. The average Bonchev–Trinajstić information content (AvgIpc) is 3.66.